The smallest absolute Gasteiger partial charge is 0.313 e. The molecule has 0 saturated carbocycles. The molecule has 0 fully saturated rings. The zero-order chi connectivity index (χ0) is 18.1. The van der Waals surface area contributed by atoms with Crippen LogP contribution < -0.4 is 0 Å². The third kappa shape index (κ3) is 2.67. The number of carboxylic acid groups (broad SMARTS) is 1. The fourth-order valence-electron chi connectivity index (χ4n) is 3.63. The summed E-state index contributed by atoms with van der Waals surface area (Å²) in [5.41, 5.74) is 1.77. The van der Waals surface area contributed by atoms with Gasteiger partial charge in [0.05, 0.1) is 18.8 Å². The molecule has 130 valence electrons. The highest BCUT2D eigenvalue weighted by Gasteiger charge is 2.44. The van der Waals surface area contributed by atoms with Gasteiger partial charge in [0, 0.05) is 5.56 Å². The largest absolute Gasteiger partial charge is 0.481 e. The van der Waals surface area contributed by atoms with Gasteiger partial charge in [-0.15, -0.1) is 0 Å². The third-order valence-electron chi connectivity index (χ3n) is 4.75. The lowest BCUT2D eigenvalue weighted by molar-refractivity contribution is -0.140. The number of carbonyl (C=O) groups excluding carboxylic acids is 1. The number of carboxylic acids is 1. The molecular weight excluding hydrogens is 330 g/mol. The van der Waals surface area contributed by atoms with Crippen LogP contribution in [0.2, 0.25) is 0 Å². The maximum atomic E-state index is 13.2. The molecule has 0 radical (unpaired) electrons. The standard InChI is InChI=1S/C21H17NO4/c23-20-17-11-5-4-10-16(17)18(21(24)25)19(14-7-2-1-3-8-14)22(20)13-15-9-6-12-26-15/h1-12,18-19H,13H2,(H,24,25)/t18-,19-/m0/s1. The van der Waals surface area contributed by atoms with E-state index >= 15 is 0 Å². The van der Waals surface area contributed by atoms with Crippen molar-refractivity contribution in [3.8, 4) is 0 Å². The minimum absolute atomic E-state index is 0.191. The lowest BCUT2D eigenvalue weighted by atomic mass is 9.79. The summed E-state index contributed by atoms with van der Waals surface area (Å²) in [6.45, 7) is 0.212. The Labute approximate surface area is 150 Å². The highest BCUT2D eigenvalue weighted by atomic mass is 16.4. The molecular formula is C21H17NO4. The van der Waals surface area contributed by atoms with Gasteiger partial charge in [-0.05, 0) is 29.3 Å². The number of furan rings is 1. The van der Waals surface area contributed by atoms with E-state index < -0.39 is 17.9 Å². The van der Waals surface area contributed by atoms with Crippen molar-refractivity contribution in [2.75, 3.05) is 0 Å². The molecule has 1 aliphatic heterocycles. The SMILES string of the molecule is O=C(O)[C@H]1c2ccccc2C(=O)N(Cc2ccco2)[C@H]1c1ccccc1. The Hall–Kier alpha value is -3.34. The van der Waals surface area contributed by atoms with Crippen LogP contribution >= 0.6 is 0 Å². The summed E-state index contributed by atoms with van der Waals surface area (Å²) in [7, 11) is 0. The van der Waals surface area contributed by atoms with E-state index in [9.17, 15) is 14.7 Å². The molecule has 1 aliphatic rings. The van der Waals surface area contributed by atoms with E-state index in [4.69, 9.17) is 4.42 Å². The van der Waals surface area contributed by atoms with Crippen LogP contribution in [0.5, 0.6) is 0 Å². The predicted molar refractivity (Wildman–Crippen MR) is 94.6 cm³/mol. The molecule has 2 atom stereocenters. The second kappa shape index (κ2) is 6.52. The number of hydrogen-bond donors (Lipinski definition) is 1. The van der Waals surface area contributed by atoms with E-state index in [1.165, 1.54) is 0 Å². The molecule has 26 heavy (non-hydrogen) atoms. The first-order chi connectivity index (χ1) is 12.7. The van der Waals surface area contributed by atoms with E-state index in [1.54, 1.807) is 47.6 Å². The van der Waals surface area contributed by atoms with Gasteiger partial charge in [-0.25, -0.2) is 0 Å². The van der Waals surface area contributed by atoms with Crippen LogP contribution in [0.15, 0.2) is 77.4 Å². The van der Waals surface area contributed by atoms with Gasteiger partial charge in [-0.2, -0.15) is 0 Å². The quantitative estimate of drug-likeness (QED) is 0.778. The Kier molecular flexibility index (Phi) is 4.05. The Morgan fingerprint density at radius 2 is 1.73 bits per heavy atom. The summed E-state index contributed by atoms with van der Waals surface area (Å²) in [5, 5.41) is 9.99. The van der Waals surface area contributed by atoms with Crippen molar-refractivity contribution in [1.82, 2.24) is 4.90 Å². The van der Waals surface area contributed by atoms with E-state index in [2.05, 4.69) is 0 Å². The molecule has 1 aromatic heterocycles. The lowest BCUT2D eigenvalue weighted by Gasteiger charge is -2.40. The van der Waals surface area contributed by atoms with Gasteiger partial charge in [-0.3, -0.25) is 9.59 Å². The molecule has 4 rings (SSSR count). The van der Waals surface area contributed by atoms with Crippen molar-refractivity contribution in [1.29, 1.82) is 0 Å². The maximum absolute atomic E-state index is 13.2. The number of aliphatic carboxylic acids is 1. The Morgan fingerprint density at radius 1 is 1.00 bits per heavy atom. The van der Waals surface area contributed by atoms with E-state index in [-0.39, 0.29) is 12.5 Å². The molecule has 2 heterocycles. The Morgan fingerprint density at radius 3 is 2.42 bits per heavy atom. The van der Waals surface area contributed by atoms with E-state index in [0.717, 1.165) is 5.56 Å². The van der Waals surface area contributed by atoms with Crippen molar-refractivity contribution < 1.29 is 19.1 Å². The number of rotatable bonds is 4. The van der Waals surface area contributed by atoms with Gasteiger partial charge >= 0.3 is 5.97 Å². The highest BCUT2D eigenvalue weighted by Crippen LogP contribution is 2.43. The zero-order valence-electron chi connectivity index (χ0n) is 13.9. The summed E-state index contributed by atoms with van der Waals surface area (Å²) in [6, 6.07) is 19.2. The summed E-state index contributed by atoms with van der Waals surface area (Å²) in [6.07, 6.45) is 1.55. The first kappa shape index (κ1) is 16.1. The molecule has 3 aromatic rings. The monoisotopic (exact) mass is 347 g/mol. The van der Waals surface area contributed by atoms with Crippen LogP contribution in [0.4, 0.5) is 0 Å². The minimum atomic E-state index is -0.955. The number of hydrogen-bond acceptors (Lipinski definition) is 3. The van der Waals surface area contributed by atoms with Gasteiger partial charge < -0.3 is 14.4 Å². The molecule has 2 aromatic carbocycles. The molecule has 0 aliphatic carbocycles. The summed E-state index contributed by atoms with van der Waals surface area (Å²) in [4.78, 5) is 27.0. The molecule has 5 heteroatoms. The summed E-state index contributed by atoms with van der Waals surface area (Å²) >= 11 is 0. The van der Waals surface area contributed by atoms with Crippen LogP contribution in [-0.4, -0.2) is 21.9 Å². The Bertz CT molecular complexity index is 934. The zero-order valence-corrected chi connectivity index (χ0v) is 13.9. The van der Waals surface area contributed by atoms with Gasteiger partial charge in [0.2, 0.25) is 0 Å². The number of amides is 1. The van der Waals surface area contributed by atoms with Crippen LogP contribution in [-0.2, 0) is 11.3 Å². The van der Waals surface area contributed by atoms with Gasteiger partial charge in [0.25, 0.3) is 5.91 Å². The van der Waals surface area contributed by atoms with Crippen molar-refractivity contribution in [3.05, 3.63) is 95.4 Å². The van der Waals surface area contributed by atoms with Crippen LogP contribution in [0.1, 0.15) is 39.2 Å². The molecule has 0 unspecified atom stereocenters. The molecule has 0 bridgehead atoms. The fourth-order valence-corrected chi connectivity index (χ4v) is 3.63. The van der Waals surface area contributed by atoms with E-state index in [0.29, 0.717) is 16.9 Å². The third-order valence-corrected chi connectivity index (χ3v) is 4.75. The topological polar surface area (TPSA) is 70.8 Å². The normalized spacial score (nSPS) is 19.2. The number of carbonyl (C=O) groups is 2. The predicted octanol–water partition coefficient (Wildman–Crippen LogP) is 3.85. The second-order valence-corrected chi connectivity index (χ2v) is 6.27. The fraction of sp³-hybridized carbons (Fsp3) is 0.143. The second-order valence-electron chi connectivity index (χ2n) is 6.27. The van der Waals surface area contributed by atoms with Gasteiger partial charge in [0.1, 0.15) is 11.7 Å². The van der Waals surface area contributed by atoms with Crippen LogP contribution in [0.3, 0.4) is 0 Å². The minimum Gasteiger partial charge on any atom is -0.481 e. The molecule has 1 amide bonds. The number of fused-ring (bicyclic) bond motifs is 1. The average molecular weight is 347 g/mol. The molecule has 5 nitrogen and oxygen atoms in total. The summed E-state index contributed by atoms with van der Waals surface area (Å²) < 4.78 is 5.41. The van der Waals surface area contributed by atoms with Crippen LogP contribution in [0.25, 0.3) is 0 Å². The molecule has 0 spiro atoms. The maximum Gasteiger partial charge on any atom is 0.313 e. The van der Waals surface area contributed by atoms with Crippen molar-refractivity contribution in [2.24, 2.45) is 0 Å². The molecule has 0 saturated heterocycles. The number of nitrogens with zero attached hydrogens (tertiary/aromatic N) is 1. The summed E-state index contributed by atoms with van der Waals surface area (Å²) in [5.74, 6) is -1.38. The molecule has 1 N–H and O–H groups in total. The van der Waals surface area contributed by atoms with Crippen molar-refractivity contribution in [3.63, 3.8) is 0 Å². The van der Waals surface area contributed by atoms with Gasteiger partial charge in [0.15, 0.2) is 0 Å². The van der Waals surface area contributed by atoms with Crippen molar-refractivity contribution in [2.45, 2.75) is 18.5 Å². The lowest BCUT2D eigenvalue weighted by Crippen LogP contribution is -2.44. The first-order valence-corrected chi connectivity index (χ1v) is 8.37. The van der Waals surface area contributed by atoms with Crippen LogP contribution in [0, 0.1) is 0 Å². The van der Waals surface area contributed by atoms with Crippen molar-refractivity contribution >= 4 is 11.9 Å². The average Bonchev–Trinajstić information content (AvgIpc) is 3.17. The number of benzene rings is 2. The van der Waals surface area contributed by atoms with Gasteiger partial charge in [-0.1, -0.05) is 48.5 Å². The Balaban J connectivity index is 1.89. The highest BCUT2D eigenvalue weighted by molar-refractivity contribution is 6.00. The first-order valence-electron chi connectivity index (χ1n) is 8.37. The van der Waals surface area contributed by atoms with E-state index in [1.807, 2.05) is 30.3 Å².